The fraction of sp³-hybridized carbons (Fsp3) is 0.400. The number of pyridine rings is 1. The number of piperazine rings is 1. The van der Waals surface area contributed by atoms with Crippen LogP contribution in [0.4, 0.5) is 5.82 Å². The van der Waals surface area contributed by atoms with Crippen molar-refractivity contribution >= 4 is 5.82 Å². The Morgan fingerprint density at radius 1 is 1.20 bits per heavy atom. The summed E-state index contributed by atoms with van der Waals surface area (Å²) in [6.45, 7) is 3.97. The van der Waals surface area contributed by atoms with E-state index in [9.17, 15) is 0 Å². The molecule has 1 fully saturated rings. The van der Waals surface area contributed by atoms with Crippen LogP contribution in [-0.2, 0) is 6.42 Å². The van der Waals surface area contributed by atoms with Gasteiger partial charge < -0.3 is 15.0 Å². The monoisotopic (exact) mass is 334 g/mol. The van der Waals surface area contributed by atoms with Crippen LogP contribution in [-0.4, -0.2) is 31.2 Å². The minimum atomic E-state index is -0.0411. The van der Waals surface area contributed by atoms with Crippen molar-refractivity contribution in [2.24, 2.45) is 0 Å². The number of hydrogen-bond acceptors (Lipinski definition) is 5. The molecule has 2 aromatic rings. The molecule has 0 spiro atoms. The fourth-order valence-electron chi connectivity index (χ4n) is 3.59. The number of benzene rings is 1. The first kappa shape index (κ1) is 15.9. The van der Waals surface area contributed by atoms with Gasteiger partial charge in [0.05, 0.1) is 17.3 Å². The second kappa shape index (κ2) is 7.12. The molecular weight excluding hydrogens is 312 g/mol. The van der Waals surface area contributed by atoms with Gasteiger partial charge in [0, 0.05) is 26.2 Å². The molecule has 1 aliphatic carbocycles. The number of rotatable bonds is 3. The van der Waals surface area contributed by atoms with Gasteiger partial charge in [-0.15, -0.1) is 0 Å². The van der Waals surface area contributed by atoms with Gasteiger partial charge in [0.1, 0.15) is 17.7 Å². The Balaban J connectivity index is 1.60. The van der Waals surface area contributed by atoms with E-state index in [0.717, 1.165) is 62.7 Å². The van der Waals surface area contributed by atoms with Crippen LogP contribution in [0.25, 0.3) is 0 Å². The summed E-state index contributed by atoms with van der Waals surface area (Å²) < 4.78 is 6.22. The summed E-state index contributed by atoms with van der Waals surface area (Å²) in [5.41, 5.74) is 2.97. The number of aryl methyl sites for hydroxylation is 1. The first-order valence-corrected chi connectivity index (χ1v) is 8.96. The second-order valence-electron chi connectivity index (χ2n) is 6.59. The topological polar surface area (TPSA) is 61.2 Å². The van der Waals surface area contributed by atoms with Gasteiger partial charge in [-0.1, -0.05) is 12.1 Å². The highest BCUT2D eigenvalue weighted by Crippen LogP contribution is 2.34. The van der Waals surface area contributed by atoms with Crippen molar-refractivity contribution in [1.29, 1.82) is 5.26 Å². The lowest BCUT2D eigenvalue weighted by molar-refractivity contribution is 0.178. The maximum atomic E-state index is 9.08. The number of fused-ring (bicyclic) bond motifs is 1. The molecule has 4 rings (SSSR count). The highest BCUT2D eigenvalue weighted by molar-refractivity contribution is 5.44. The zero-order valence-electron chi connectivity index (χ0n) is 14.2. The maximum Gasteiger partial charge on any atom is 0.141 e. The summed E-state index contributed by atoms with van der Waals surface area (Å²) in [5, 5.41) is 12.5. The second-order valence-corrected chi connectivity index (χ2v) is 6.59. The van der Waals surface area contributed by atoms with E-state index < -0.39 is 0 Å². The van der Waals surface area contributed by atoms with Crippen molar-refractivity contribution in [3.8, 4) is 11.8 Å². The predicted octanol–water partition coefficient (Wildman–Crippen LogP) is 2.82. The van der Waals surface area contributed by atoms with Crippen molar-refractivity contribution in [2.75, 3.05) is 31.1 Å². The molecule has 0 amide bonds. The molecule has 128 valence electrons. The molecule has 1 aliphatic heterocycles. The molecule has 2 heterocycles. The molecule has 0 unspecified atom stereocenters. The highest BCUT2D eigenvalue weighted by Gasteiger charge is 2.25. The van der Waals surface area contributed by atoms with E-state index in [0.29, 0.717) is 5.56 Å². The molecule has 5 heteroatoms. The molecule has 1 atom stereocenters. The van der Waals surface area contributed by atoms with Gasteiger partial charge in [-0.2, -0.15) is 5.26 Å². The molecule has 1 saturated heterocycles. The van der Waals surface area contributed by atoms with Crippen LogP contribution < -0.4 is 15.0 Å². The lowest BCUT2D eigenvalue weighted by Crippen LogP contribution is -2.44. The van der Waals surface area contributed by atoms with Crippen molar-refractivity contribution in [3.05, 3.63) is 53.2 Å². The van der Waals surface area contributed by atoms with E-state index in [1.165, 1.54) is 5.56 Å². The summed E-state index contributed by atoms with van der Waals surface area (Å²) in [4.78, 5) is 7.30. The highest BCUT2D eigenvalue weighted by atomic mass is 16.5. The summed E-state index contributed by atoms with van der Waals surface area (Å²) in [6.07, 6.45) is 3.08. The third-order valence-corrected chi connectivity index (χ3v) is 4.90. The van der Waals surface area contributed by atoms with Gasteiger partial charge in [-0.25, -0.2) is 4.98 Å². The minimum absolute atomic E-state index is 0.0411. The van der Waals surface area contributed by atoms with Gasteiger partial charge in [0.25, 0.3) is 0 Å². The summed E-state index contributed by atoms with van der Waals surface area (Å²) in [6, 6.07) is 13.9. The molecule has 1 aromatic carbocycles. The van der Waals surface area contributed by atoms with E-state index in [2.05, 4.69) is 28.4 Å². The Bertz CT molecular complexity index is 793. The first-order chi connectivity index (χ1) is 12.3. The molecule has 0 radical (unpaired) electrons. The number of nitriles is 1. The van der Waals surface area contributed by atoms with Crippen LogP contribution in [0.5, 0.6) is 5.75 Å². The summed E-state index contributed by atoms with van der Waals surface area (Å²) in [7, 11) is 0. The van der Waals surface area contributed by atoms with Gasteiger partial charge in [0.2, 0.25) is 0 Å². The molecule has 5 nitrogen and oxygen atoms in total. The van der Waals surface area contributed by atoms with Gasteiger partial charge in [-0.05, 0) is 49.1 Å². The lowest BCUT2D eigenvalue weighted by Gasteiger charge is -2.31. The lowest BCUT2D eigenvalue weighted by atomic mass is 9.93. The third-order valence-electron chi connectivity index (χ3n) is 4.90. The number of ether oxygens (including phenoxy) is 1. The molecule has 0 bridgehead atoms. The van der Waals surface area contributed by atoms with E-state index in [-0.39, 0.29) is 6.10 Å². The van der Waals surface area contributed by atoms with Crippen molar-refractivity contribution in [3.63, 3.8) is 0 Å². The van der Waals surface area contributed by atoms with Crippen LogP contribution in [0, 0.1) is 11.3 Å². The molecule has 0 saturated carbocycles. The number of anilines is 1. The summed E-state index contributed by atoms with van der Waals surface area (Å²) >= 11 is 0. The Hall–Kier alpha value is -2.58. The molecule has 1 aromatic heterocycles. The SMILES string of the molecule is N#Cc1cccc(O[C@H]2CCCc3ccc(N4CCNCC4)nc32)c1. The zero-order valence-corrected chi connectivity index (χ0v) is 14.2. The normalized spacial score (nSPS) is 19.8. The molecule has 25 heavy (non-hydrogen) atoms. The number of nitrogens with zero attached hydrogens (tertiary/aromatic N) is 3. The summed E-state index contributed by atoms with van der Waals surface area (Å²) in [5.74, 6) is 1.79. The van der Waals surface area contributed by atoms with Gasteiger partial charge in [0.15, 0.2) is 0 Å². The average molecular weight is 334 g/mol. The molecular formula is C20H22N4O. The first-order valence-electron chi connectivity index (χ1n) is 8.96. The van der Waals surface area contributed by atoms with Crippen LogP contribution in [0.2, 0.25) is 0 Å². The van der Waals surface area contributed by atoms with Gasteiger partial charge >= 0.3 is 0 Å². The quantitative estimate of drug-likeness (QED) is 0.935. The Morgan fingerprint density at radius 2 is 2.08 bits per heavy atom. The minimum Gasteiger partial charge on any atom is -0.484 e. The fourth-order valence-corrected chi connectivity index (χ4v) is 3.59. The van der Waals surface area contributed by atoms with Crippen LogP contribution in [0.15, 0.2) is 36.4 Å². The maximum absolute atomic E-state index is 9.08. The molecule has 2 aliphatic rings. The number of nitrogens with one attached hydrogen (secondary N) is 1. The van der Waals surface area contributed by atoms with Crippen molar-refractivity contribution in [2.45, 2.75) is 25.4 Å². The number of hydrogen-bond donors (Lipinski definition) is 1. The largest absolute Gasteiger partial charge is 0.484 e. The third kappa shape index (κ3) is 3.45. The van der Waals surface area contributed by atoms with E-state index in [4.69, 9.17) is 15.0 Å². The van der Waals surface area contributed by atoms with E-state index in [1.807, 2.05) is 12.1 Å². The van der Waals surface area contributed by atoms with Crippen molar-refractivity contribution < 1.29 is 4.74 Å². The smallest absolute Gasteiger partial charge is 0.141 e. The van der Waals surface area contributed by atoms with E-state index in [1.54, 1.807) is 12.1 Å². The zero-order chi connectivity index (χ0) is 17.1. The molecule has 1 N–H and O–H groups in total. The van der Waals surface area contributed by atoms with Crippen LogP contribution >= 0.6 is 0 Å². The van der Waals surface area contributed by atoms with Gasteiger partial charge in [-0.3, -0.25) is 0 Å². The van der Waals surface area contributed by atoms with Crippen molar-refractivity contribution in [1.82, 2.24) is 10.3 Å². The Labute approximate surface area is 148 Å². The Morgan fingerprint density at radius 3 is 2.92 bits per heavy atom. The average Bonchev–Trinajstić information content (AvgIpc) is 2.69. The standard InChI is InChI=1S/C20H22N4O/c21-14-15-3-1-5-17(13-15)25-18-6-2-4-16-7-8-19(23-20(16)18)24-11-9-22-10-12-24/h1,3,5,7-8,13,18,22H,2,4,6,9-12H2/t18-/m0/s1. The Kier molecular flexibility index (Phi) is 4.53. The number of aromatic nitrogens is 1. The van der Waals surface area contributed by atoms with E-state index >= 15 is 0 Å². The predicted molar refractivity (Wildman–Crippen MR) is 96.8 cm³/mol. The van der Waals surface area contributed by atoms with Crippen LogP contribution in [0.3, 0.4) is 0 Å². The van der Waals surface area contributed by atoms with Crippen LogP contribution in [0.1, 0.15) is 35.8 Å².